The first-order valence-corrected chi connectivity index (χ1v) is 10.9. The molecular weight excluding hydrogens is 378 g/mol. The number of ether oxygens (including phenoxy) is 1. The number of piperidine rings is 1. The molecule has 1 saturated heterocycles. The van der Waals surface area contributed by atoms with Crippen LogP contribution in [0, 0.1) is 32.6 Å². The Hall–Kier alpha value is -2.70. The topological polar surface area (TPSA) is 80.2 Å². The second-order valence-corrected chi connectivity index (χ2v) is 8.56. The summed E-state index contributed by atoms with van der Waals surface area (Å²) < 4.78 is 5.84. The summed E-state index contributed by atoms with van der Waals surface area (Å²) in [5.74, 6) is 2.65. The fraction of sp³-hybridized carbons (Fsp3) is 0.565. The Morgan fingerprint density at radius 2 is 2.00 bits per heavy atom. The highest BCUT2D eigenvalue weighted by Gasteiger charge is 2.47. The zero-order valence-electron chi connectivity index (χ0n) is 18.3. The van der Waals surface area contributed by atoms with E-state index in [0.717, 1.165) is 48.2 Å². The van der Waals surface area contributed by atoms with Gasteiger partial charge in [0.1, 0.15) is 5.82 Å². The van der Waals surface area contributed by atoms with E-state index in [1.165, 1.54) is 6.42 Å². The van der Waals surface area contributed by atoms with Crippen LogP contribution in [-0.2, 0) is 0 Å². The average molecular weight is 410 g/mol. The normalized spacial score (nSPS) is 22.4. The Labute approximate surface area is 178 Å². The Kier molecular flexibility index (Phi) is 5.88. The van der Waals surface area contributed by atoms with E-state index >= 15 is 0 Å². The summed E-state index contributed by atoms with van der Waals surface area (Å²) >= 11 is 0. The lowest BCUT2D eigenvalue weighted by Crippen LogP contribution is -2.48. The number of pyridine rings is 1. The monoisotopic (exact) mass is 409 g/mol. The van der Waals surface area contributed by atoms with E-state index in [2.05, 4.69) is 27.2 Å². The summed E-state index contributed by atoms with van der Waals surface area (Å²) in [6, 6.07) is 3.87. The van der Waals surface area contributed by atoms with Crippen LogP contribution in [0.2, 0.25) is 0 Å². The zero-order chi connectivity index (χ0) is 21.3. The Balaban J connectivity index is 1.52. The van der Waals surface area contributed by atoms with Crippen LogP contribution >= 0.6 is 0 Å². The van der Waals surface area contributed by atoms with Crippen molar-refractivity contribution in [1.29, 1.82) is 0 Å². The molecule has 2 aliphatic rings. The predicted octanol–water partition coefficient (Wildman–Crippen LogP) is 3.55. The largest absolute Gasteiger partial charge is 0.491 e. The fourth-order valence-electron chi connectivity index (χ4n) is 4.15. The molecule has 2 aromatic heterocycles. The Bertz CT molecular complexity index is 932. The summed E-state index contributed by atoms with van der Waals surface area (Å²) in [6.07, 6.45) is 4.87. The van der Waals surface area contributed by atoms with E-state index in [-0.39, 0.29) is 11.9 Å². The van der Waals surface area contributed by atoms with Gasteiger partial charge in [-0.15, -0.1) is 0 Å². The van der Waals surface area contributed by atoms with Gasteiger partial charge in [0, 0.05) is 24.8 Å². The number of carbonyl (C=O) groups is 1. The summed E-state index contributed by atoms with van der Waals surface area (Å²) in [5, 5.41) is 3.40. The van der Waals surface area contributed by atoms with Crippen LogP contribution in [0.15, 0.2) is 18.3 Å². The molecule has 4 rings (SSSR count). The van der Waals surface area contributed by atoms with E-state index in [0.29, 0.717) is 30.5 Å². The van der Waals surface area contributed by atoms with Crippen molar-refractivity contribution in [2.75, 3.05) is 25.0 Å². The average Bonchev–Trinajstić information content (AvgIpc) is 3.51. The van der Waals surface area contributed by atoms with Gasteiger partial charge in [-0.2, -0.15) is 0 Å². The SMILES string of the molecule is CCCOc1ccc(C)nc1C(=O)N1C[C@@H]2CC2C[C@H]1CNc1cnc(C)c(C)n1. The second kappa shape index (κ2) is 8.58. The molecule has 7 heteroatoms. The maximum absolute atomic E-state index is 13.5. The van der Waals surface area contributed by atoms with Gasteiger partial charge in [-0.1, -0.05) is 6.92 Å². The molecule has 7 nitrogen and oxygen atoms in total. The second-order valence-electron chi connectivity index (χ2n) is 8.56. The molecule has 0 radical (unpaired) electrons. The number of hydrogen-bond acceptors (Lipinski definition) is 6. The first kappa shape index (κ1) is 20.6. The molecule has 2 aromatic rings. The number of anilines is 1. The van der Waals surface area contributed by atoms with Gasteiger partial charge in [-0.25, -0.2) is 9.97 Å². The molecule has 3 heterocycles. The van der Waals surface area contributed by atoms with Crippen molar-refractivity contribution < 1.29 is 9.53 Å². The van der Waals surface area contributed by atoms with Crippen LogP contribution in [0.4, 0.5) is 5.82 Å². The van der Waals surface area contributed by atoms with Crippen LogP contribution in [-0.4, -0.2) is 51.5 Å². The molecule has 0 aromatic carbocycles. The van der Waals surface area contributed by atoms with Gasteiger partial charge in [0.25, 0.3) is 5.91 Å². The van der Waals surface area contributed by atoms with Crippen molar-refractivity contribution in [1.82, 2.24) is 19.9 Å². The maximum atomic E-state index is 13.5. The third-order valence-electron chi connectivity index (χ3n) is 6.15. The van der Waals surface area contributed by atoms with Crippen LogP contribution in [0.3, 0.4) is 0 Å². The Morgan fingerprint density at radius 3 is 2.77 bits per heavy atom. The number of aryl methyl sites for hydroxylation is 3. The van der Waals surface area contributed by atoms with Crippen LogP contribution in [0.25, 0.3) is 0 Å². The van der Waals surface area contributed by atoms with Gasteiger partial charge in [-0.05, 0) is 64.0 Å². The van der Waals surface area contributed by atoms with Crippen molar-refractivity contribution in [3.05, 3.63) is 41.1 Å². The summed E-state index contributed by atoms with van der Waals surface area (Å²) in [5.41, 5.74) is 3.10. The van der Waals surface area contributed by atoms with Crippen molar-refractivity contribution in [3.8, 4) is 5.75 Å². The van der Waals surface area contributed by atoms with E-state index < -0.39 is 0 Å². The first-order chi connectivity index (χ1) is 14.5. The molecular formula is C23H31N5O2. The van der Waals surface area contributed by atoms with Gasteiger partial charge < -0.3 is 15.0 Å². The zero-order valence-corrected chi connectivity index (χ0v) is 18.3. The molecule has 1 saturated carbocycles. The van der Waals surface area contributed by atoms with E-state index in [1.54, 1.807) is 6.20 Å². The molecule has 1 amide bonds. The van der Waals surface area contributed by atoms with Gasteiger partial charge in [0.05, 0.1) is 24.2 Å². The molecule has 1 N–H and O–H groups in total. The number of likely N-dealkylation sites (tertiary alicyclic amines) is 1. The number of fused-ring (bicyclic) bond motifs is 1. The lowest BCUT2D eigenvalue weighted by molar-refractivity contribution is 0.0605. The predicted molar refractivity (Wildman–Crippen MR) is 116 cm³/mol. The van der Waals surface area contributed by atoms with Crippen LogP contribution < -0.4 is 10.1 Å². The molecule has 3 atom stereocenters. The number of nitrogens with zero attached hydrogens (tertiary/aromatic N) is 4. The van der Waals surface area contributed by atoms with Gasteiger partial charge in [0.15, 0.2) is 11.4 Å². The van der Waals surface area contributed by atoms with E-state index in [1.807, 2.05) is 37.8 Å². The maximum Gasteiger partial charge on any atom is 0.276 e. The number of amides is 1. The molecule has 0 bridgehead atoms. The quantitative estimate of drug-likeness (QED) is 0.753. The number of carbonyl (C=O) groups excluding carboxylic acids is 1. The highest BCUT2D eigenvalue weighted by Crippen LogP contribution is 2.47. The number of hydrogen-bond donors (Lipinski definition) is 1. The van der Waals surface area contributed by atoms with Crippen LogP contribution in [0.5, 0.6) is 5.75 Å². The molecule has 1 unspecified atom stereocenters. The number of nitrogens with one attached hydrogen (secondary N) is 1. The molecule has 2 fully saturated rings. The first-order valence-electron chi connectivity index (χ1n) is 10.9. The highest BCUT2D eigenvalue weighted by molar-refractivity contribution is 5.95. The standard InChI is InChI=1S/C23H31N5O2/c1-5-8-30-20-7-6-14(2)26-22(20)23(29)28-13-18-9-17(18)10-19(28)11-25-21-12-24-15(3)16(4)27-21/h6-7,12,17-19H,5,8-11,13H2,1-4H3,(H,25,27)/t17?,18-,19-/m0/s1. The summed E-state index contributed by atoms with van der Waals surface area (Å²) in [4.78, 5) is 29.0. The van der Waals surface area contributed by atoms with E-state index in [9.17, 15) is 4.79 Å². The van der Waals surface area contributed by atoms with E-state index in [4.69, 9.17) is 4.74 Å². The minimum atomic E-state index is -0.0341. The van der Waals surface area contributed by atoms with Gasteiger partial charge in [-0.3, -0.25) is 9.78 Å². The molecule has 160 valence electrons. The number of aromatic nitrogens is 3. The van der Waals surface area contributed by atoms with Crippen molar-refractivity contribution in [2.24, 2.45) is 11.8 Å². The lowest BCUT2D eigenvalue weighted by Gasteiger charge is -2.35. The molecule has 1 aliphatic heterocycles. The summed E-state index contributed by atoms with van der Waals surface area (Å²) in [6.45, 7) is 9.89. The molecule has 30 heavy (non-hydrogen) atoms. The number of rotatable bonds is 7. The lowest BCUT2D eigenvalue weighted by atomic mass is 10.0. The smallest absolute Gasteiger partial charge is 0.276 e. The van der Waals surface area contributed by atoms with Crippen molar-refractivity contribution in [2.45, 2.75) is 53.0 Å². The molecule has 1 aliphatic carbocycles. The highest BCUT2D eigenvalue weighted by atomic mass is 16.5. The van der Waals surface area contributed by atoms with Crippen molar-refractivity contribution >= 4 is 11.7 Å². The summed E-state index contributed by atoms with van der Waals surface area (Å²) in [7, 11) is 0. The minimum absolute atomic E-state index is 0.0341. The molecule has 0 spiro atoms. The Morgan fingerprint density at radius 1 is 1.17 bits per heavy atom. The van der Waals surface area contributed by atoms with Gasteiger partial charge in [0.2, 0.25) is 0 Å². The van der Waals surface area contributed by atoms with Crippen molar-refractivity contribution in [3.63, 3.8) is 0 Å². The third-order valence-corrected chi connectivity index (χ3v) is 6.15. The third kappa shape index (κ3) is 4.40. The van der Waals surface area contributed by atoms with Gasteiger partial charge >= 0.3 is 0 Å². The minimum Gasteiger partial charge on any atom is -0.491 e. The fourth-order valence-corrected chi connectivity index (χ4v) is 4.15. The van der Waals surface area contributed by atoms with Crippen LogP contribution in [0.1, 0.15) is 53.8 Å².